The summed E-state index contributed by atoms with van der Waals surface area (Å²) in [5.74, 6) is -2.46. The Morgan fingerprint density at radius 3 is 2.20 bits per heavy atom. The molecule has 166 valence electrons. The first kappa shape index (κ1) is 25.2. The predicted molar refractivity (Wildman–Crippen MR) is 104 cm³/mol. The maximum atomic E-state index is 12.8. The number of hydrazine groups is 1. The van der Waals surface area contributed by atoms with Gasteiger partial charge in [0, 0.05) is 6.42 Å². The molecule has 30 heavy (non-hydrogen) atoms. The van der Waals surface area contributed by atoms with Crippen LogP contribution < -0.4 is 10.7 Å². The molecule has 0 radical (unpaired) electrons. The molecular weight excluding hydrogens is 403 g/mol. The molecule has 0 spiro atoms. The van der Waals surface area contributed by atoms with Gasteiger partial charge in [0.2, 0.25) is 5.91 Å². The molecule has 0 saturated carbocycles. The first-order chi connectivity index (χ1) is 13.7. The molecule has 10 heteroatoms. The van der Waals surface area contributed by atoms with Crippen molar-refractivity contribution in [1.82, 2.24) is 15.8 Å². The summed E-state index contributed by atoms with van der Waals surface area (Å²) in [6, 6.07) is 6.74. The molecule has 0 bridgehead atoms. The molecule has 0 fully saturated rings. The van der Waals surface area contributed by atoms with E-state index in [1.54, 1.807) is 30.3 Å². The van der Waals surface area contributed by atoms with Crippen LogP contribution in [-0.4, -0.2) is 46.7 Å². The molecule has 1 aromatic rings. The van der Waals surface area contributed by atoms with Crippen molar-refractivity contribution in [2.45, 2.75) is 45.5 Å². The van der Waals surface area contributed by atoms with Gasteiger partial charge < -0.3 is 10.4 Å². The standard InChI is InChI=1S/C20H26F3N3O4/c1-5-16(29)26(12-14(27)20(21,22)23)25-18(30)17(13-9-7-6-8-10-13)24-15(28)11-19(2,3)4/h5-10,14,17,27H,1,11-12H2,2-4H3,(H,24,28)(H,25,30). The minimum absolute atomic E-state index is 0.0890. The van der Waals surface area contributed by atoms with Gasteiger partial charge in [-0.25, -0.2) is 5.01 Å². The highest BCUT2D eigenvalue weighted by molar-refractivity contribution is 5.92. The van der Waals surface area contributed by atoms with Crippen LogP contribution in [0.4, 0.5) is 13.2 Å². The van der Waals surface area contributed by atoms with Gasteiger partial charge in [-0.1, -0.05) is 57.7 Å². The van der Waals surface area contributed by atoms with Crippen LogP contribution in [0.3, 0.4) is 0 Å². The third kappa shape index (κ3) is 8.24. The van der Waals surface area contributed by atoms with Crippen LogP contribution in [0.25, 0.3) is 0 Å². The van der Waals surface area contributed by atoms with Crippen LogP contribution >= 0.6 is 0 Å². The molecule has 0 aromatic heterocycles. The molecule has 3 amide bonds. The Kier molecular flexibility index (Phi) is 8.59. The second-order valence-electron chi connectivity index (χ2n) is 7.84. The van der Waals surface area contributed by atoms with E-state index in [0.29, 0.717) is 16.6 Å². The third-order valence-electron chi connectivity index (χ3n) is 3.81. The smallest absolute Gasteiger partial charge is 0.382 e. The summed E-state index contributed by atoms with van der Waals surface area (Å²) in [4.78, 5) is 37.1. The van der Waals surface area contributed by atoms with Gasteiger partial charge in [0.1, 0.15) is 6.04 Å². The zero-order valence-electron chi connectivity index (χ0n) is 17.0. The Hall–Kier alpha value is -2.88. The molecule has 0 saturated heterocycles. The van der Waals surface area contributed by atoms with Gasteiger partial charge in [-0.2, -0.15) is 13.2 Å². The lowest BCUT2D eigenvalue weighted by Crippen LogP contribution is -2.54. The summed E-state index contributed by atoms with van der Waals surface area (Å²) < 4.78 is 38.1. The number of nitrogens with zero attached hydrogens (tertiary/aromatic N) is 1. The van der Waals surface area contributed by atoms with E-state index < -0.39 is 42.6 Å². The fourth-order valence-corrected chi connectivity index (χ4v) is 2.41. The zero-order valence-corrected chi connectivity index (χ0v) is 17.0. The van der Waals surface area contributed by atoms with Crippen molar-refractivity contribution in [2.75, 3.05) is 6.54 Å². The average molecular weight is 429 g/mol. The number of aliphatic hydroxyl groups is 1. The van der Waals surface area contributed by atoms with Gasteiger partial charge >= 0.3 is 6.18 Å². The van der Waals surface area contributed by atoms with Crippen LogP contribution in [0, 0.1) is 5.41 Å². The first-order valence-electron chi connectivity index (χ1n) is 9.08. The average Bonchev–Trinajstić information content (AvgIpc) is 2.63. The summed E-state index contributed by atoms with van der Waals surface area (Å²) >= 11 is 0. The molecule has 7 nitrogen and oxygen atoms in total. The Bertz CT molecular complexity index is 761. The molecule has 2 atom stereocenters. The Morgan fingerprint density at radius 2 is 1.73 bits per heavy atom. The monoisotopic (exact) mass is 429 g/mol. The van der Waals surface area contributed by atoms with E-state index in [0.717, 1.165) is 0 Å². The van der Waals surface area contributed by atoms with Gasteiger partial charge in [0.25, 0.3) is 11.8 Å². The molecule has 3 N–H and O–H groups in total. The molecule has 0 aliphatic carbocycles. The number of aliphatic hydroxyl groups excluding tert-OH is 1. The van der Waals surface area contributed by atoms with Crippen molar-refractivity contribution < 1.29 is 32.7 Å². The fraction of sp³-hybridized carbons (Fsp3) is 0.450. The Labute approximate surface area is 172 Å². The Morgan fingerprint density at radius 1 is 1.17 bits per heavy atom. The van der Waals surface area contributed by atoms with Crippen LogP contribution in [-0.2, 0) is 14.4 Å². The second kappa shape index (κ2) is 10.2. The third-order valence-corrected chi connectivity index (χ3v) is 3.81. The SMILES string of the molecule is C=CC(=O)N(CC(O)C(F)(F)F)NC(=O)C(NC(=O)CC(C)(C)C)c1ccccc1. The number of rotatable bonds is 7. The van der Waals surface area contributed by atoms with Gasteiger partial charge in [-0.15, -0.1) is 0 Å². The van der Waals surface area contributed by atoms with Crippen LogP contribution in [0.15, 0.2) is 43.0 Å². The van der Waals surface area contributed by atoms with E-state index >= 15 is 0 Å². The molecule has 1 rings (SSSR count). The van der Waals surface area contributed by atoms with Crippen molar-refractivity contribution >= 4 is 17.7 Å². The number of hydrogen-bond acceptors (Lipinski definition) is 4. The summed E-state index contributed by atoms with van der Waals surface area (Å²) in [5.41, 5.74) is 2.03. The van der Waals surface area contributed by atoms with Gasteiger partial charge in [-0.05, 0) is 17.1 Å². The maximum absolute atomic E-state index is 12.8. The number of hydrogen-bond donors (Lipinski definition) is 3. The minimum atomic E-state index is -5.00. The predicted octanol–water partition coefficient (Wildman–Crippen LogP) is 2.25. The van der Waals surface area contributed by atoms with Crippen LogP contribution in [0.5, 0.6) is 0 Å². The van der Waals surface area contributed by atoms with Crippen molar-refractivity contribution in [3.63, 3.8) is 0 Å². The van der Waals surface area contributed by atoms with E-state index in [1.807, 2.05) is 26.2 Å². The van der Waals surface area contributed by atoms with E-state index in [4.69, 9.17) is 0 Å². The molecule has 1 aromatic carbocycles. The number of amides is 3. The lowest BCUT2D eigenvalue weighted by atomic mass is 9.91. The first-order valence-corrected chi connectivity index (χ1v) is 9.08. The van der Waals surface area contributed by atoms with E-state index in [-0.39, 0.29) is 11.8 Å². The number of benzene rings is 1. The van der Waals surface area contributed by atoms with Crippen molar-refractivity contribution in [3.8, 4) is 0 Å². The highest BCUT2D eigenvalue weighted by Crippen LogP contribution is 2.22. The maximum Gasteiger partial charge on any atom is 0.416 e. The number of alkyl halides is 3. The van der Waals surface area contributed by atoms with Crippen LogP contribution in [0.1, 0.15) is 38.8 Å². The fourth-order valence-electron chi connectivity index (χ4n) is 2.41. The lowest BCUT2D eigenvalue weighted by Gasteiger charge is -2.28. The molecule has 0 aliphatic rings. The highest BCUT2D eigenvalue weighted by Gasteiger charge is 2.40. The van der Waals surface area contributed by atoms with E-state index in [1.165, 1.54) is 0 Å². The van der Waals surface area contributed by atoms with E-state index in [2.05, 4.69) is 11.9 Å². The lowest BCUT2D eigenvalue weighted by molar-refractivity contribution is -0.210. The molecule has 2 unspecified atom stereocenters. The van der Waals surface area contributed by atoms with Gasteiger partial charge in [0.15, 0.2) is 6.10 Å². The van der Waals surface area contributed by atoms with Crippen molar-refractivity contribution in [2.24, 2.45) is 5.41 Å². The topological polar surface area (TPSA) is 98.7 Å². The molecule has 0 heterocycles. The van der Waals surface area contributed by atoms with Crippen molar-refractivity contribution in [1.29, 1.82) is 0 Å². The number of carbonyl (C=O) groups excluding carboxylic acids is 3. The van der Waals surface area contributed by atoms with Crippen LogP contribution in [0.2, 0.25) is 0 Å². The van der Waals surface area contributed by atoms with Crippen molar-refractivity contribution in [3.05, 3.63) is 48.6 Å². The van der Waals surface area contributed by atoms with E-state index in [9.17, 15) is 32.7 Å². The molecule has 0 aliphatic heterocycles. The minimum Gasteiger partial charge on any atom is -0.382 e. The highest BCUT2D eigenvalue weighted by atomic mass is 19.4. The Balaban J connectivity index is 3.09. The second-order valence-corrected chi connectivity index (χ2v) is 7.84. The molecular formula is C20H26F3N3O4. The van der Waals surface area contributed by atoms with Gasteiger partial charge in [-0.3, -0.25) is 19.8 Å². The zero-order chi connectivity index (χ0) is 23.1. The summed E-state index contributed by atoms with van der Waals surface area (Å²) in [7, 11) is 0. The quantitative estimate of drug-likeness (QED) is 0.457. The summed E-state index contributed by atoms with van der Waals surface area (Å²) in [6.07, 6.45) is -7.10. The largest absolute Gasteiger partial charge is 0.416 e. The van der Waals surface area contributed by atoms with Gasteiger partial charge in [0.05, 0.1) is 6.54 Å². The summed E-state index contributed by atoms with van der Waals surface area (Å²) in [6.45, 7) is 7.42. The summed E-state index contributed by atoms with van der Waals surface area (Å²) in [5, 5.41) is 12.1. The number of halogens is 3. The number of nitrogens with one attached hydrogen (secondary N) is 2. The number of carbonyl (C=O) groups is 3. The normalized spacial score (nSPS) is 13.7.